The number of fused-ring (bicyclic) bond motifs is 1. The summed E-state index contributed by atoms with van der Waals surface area (Å²) in [6.07, 6.45) is 0. The summed E-state index contributed by atoms with van der Waals surface area (Å²) in [4.78, 5) is 38.5. The molecule has 3 aromatic rings. The first-order chi connectivity index (χ1) is 14.7. The first-order valence-electron chi connectivity index (χ1n) is 10.0. The Bertz CT molecular complexity index is 1040. The van der Waals surface area contributed by atoms with E-state index in [1.807, 2.05) is 34.7 Å². The summed E-state index contributed by atoms with van der Waals surface area (Å²) in [5.41, 5.74) is 0.862. The molecule has 0 unspecified atom stereocenters. The van der Waals surface area contributed by atoms with Gasteiger partial charge in [-0.2, -0.15) is 0 Å². The molecule has 3 aromatic heterocycles. The molecule has 1 aliphatic heterocycles. The van der Waals surface area contributed by atoms with Crippen LogP contribution in [0.4, 0.5) is 4.79 Å². The van der Waals surface area contributed by atoms with Crippen LogP contribution in [0.1, 0.15) is 12.7 Å². The van der Waals surface area contributed by atoms with E-state index in [-0.39, 0.29) is 11.6 Å². The number of H-pyrrole nitrogens is 1. The number of rotatable bonds is 7. The van der Waals surface area contributed by atoms with Crippen molar-refractivity contribution in [3.8, 4) is 10.4 Å². The summed E-state index contributed by atoms with van der Waals surface area (Å²) >= 11 is 3.12. The van der Waals surface area contributed by atoms with E-state index in [4.69, 9.17) is 9.72 Å². The Labute approximate surface area is 182 Å². The van der Waals surface area contributed by atoms with Crippen molar-refractivity contribution in [3.05, 3.63) is 39.1 Å². The van der Waals surface area contributed by atoms with E-state index in [2.05, 4.69) is 15.2 Å². The van der Waals surface area contributed by atoms with Gasteiger partial charge in [0.05, 0.1) is 18.5 Å². The summed E-state index contributed by atoms with van der Waals surface area (Å²) in [5, 5.41) is 7.56. The number of hydrogen-bond donors (Lipinski definition) is 2. The van der Waals surface area contributed by atoms with Gasteiger partial charge in [0, 0.05) is 55.2 Å². The van der Waals surface area contributed by atoms with Crippen LogP contribution >= 0.6 is 22.7 Å². The smallest absolute Gasteiger partial charge is 0.317 e. The van der Waals surface area contributed by atoms with Gasteiger partial charge >= 0.3 is 6.03 Å². The second-order valence-electron chi connectivity index (χ2n) is 7.01. The first kappa shape index (κ1) is 21.0. The van der Waals surface area contributed by atoms with E-state index in [1.165, 1.54) is 11.3 Å². The average Bonchev–Trinajstić information content (AvgIpc) is 3.41. The van der Waals surface area contributed by atoms with Crippen molar-refractivity contribution >= 4 is 38.9 Å². The number of urea groups is 1. The molecule has 2 amide bonds. The highest BCUT2D eigenvalue weighted by Crippen LogP contribution is 2.33. The summed E-state index contributed by atoms with van der Waals surface area (Å²) in [7, 11) is 0. The van der Waals surface area contributed by atoms with Gasteiger partial charge < -0.3 is 19.9 Å². The van der Waals surface area contributed by atoms with Crippen LogP contribution < -0.4 is 10.9 Å². The third-order valence-corrected chi connectivity index (χ3v) is 6.81. The Morgan fingerprint density at radius 3 is 2.87 bits per heavy atom. The highest BCUT2D eigenvalue weighted by atomic mass is 32.1. The van der Waals surface area contributed by atoms with E-state index in [1.54, 1.807) is 11.3 Å². The average molecular weight is 448 g/mol. The van der Waals surface area contributed by atoms with E-state index < -0.39 is 0 Å². The molecule has 2 N–H and O–H groups in total. The summed E-state index contributed by atoms with van der Waals surface area (Å²) in [5.74, 6) is 0.668. The molecule has 1 fully saturated rings. The molecule has 0 aliphatic carbocycles. The van der Waals surface area contributed by atoms with Gasteiger partial charge in [-0.3, -0.25) is 9.69 Å². The van der Waals surface area contributed by atoms with Crippen molar-refractivity contribution in [3.63, 3.8) is 0 Å². The van der Waals surface area contributed by atoms with E-state index >= 15 is 0 Å². The molecule has 1 aliphatic rings. The maximum Gasteiger partial charge on any atom is 0.317 e. The van der Waals surface area contributed by atoms with E-state index in [9.17, 15) is 9.59 Å². The van der Waals surface area contributed by atoms with Crippen LogP contribution in [0, 0.1) is 0 Å². The Morgan fingerprint density at radius 1 is 1.30 bits per heavy atom. The number of thiophene rings is 2. The molecule has 4 rings (SSSR count). The van der Waals surface area contributed by atoms with Crippen molar-refractivity contribution in [2.75, 3.05) is 45.9 Å². The minimum atomic E-state index is -0.0908. The van der Waals surface area contributed by atoms with Crippen LogP contribution in [0.25, 0.3) is 20.7 Å². The Morgan fingerprint density at radius 2 is 2.13 bits per heavy atom. The highest BCUT2D eigenvalue weighted by Gasteiger charge is 2.22. The topological polar surface area (TPSA) is 90.6 Å². The first-order valence-corrected chi connectivity index (χ1v) is 11.8. The standard InChI is InChI=1S/C20H25N5O3S2/c1-2-28-10-5-21-20(27)25-8-6-24(7-9-25)12-16-22-18(26)17-14(13-30-19(17)23-16)15-4-3-11-29-15/h3-4,11,13H,2,5-10,12H2,1H3,(H,21,27)(H,22,23,26). The van der Waals surface area contributed by atoms with Gasteiger partial charge in [0.25, 0.3) is 5.56 Å². The fraction of sp³-hybridized carbons (Fsp3) is 0.450. The van der Waals surface area contributed by atoms with Crippen LogP contribution in [0.5, 0.6) is 0 Å². The predicted octanol–water partition coefficient (Wildman–Crippen LogP) is 2.58. The Balaban J connectivity index is 1.35. The van der Waals surface area contributed by atoms with Gasteiger partial charge in [0.15, 0.2) is 0 Å². The number of amides is 2. The van der Waals surface area contributed by atoms with Gasteiger partial charge in [-0.1, -0.05) is 6.07 Å². The lowest BCUT2D eigenvalue weighted by Crippen LogP contribution is -2.52. The zero-order chi connectivity index (χ0) is 20.9. The molecule has 0 bridgehead atoms. The Hall–Kier alpha value is -2.27. The number of carbonyl (C=O) groups is 1. The normalized spacial score (nSPS) is 15.0. The SMILES string of the molecule is CCOCCNC(=O)N1CCN(Cc2nc3scc(-c4cccs4)c3c(=O)[nH]2)CC1. The van der Waals surface area contributed by atoms with Crippen molar-refractivity contribution in [2.45, 2.75) is 13.5 Å². The van der Waals surface area contributed by atoms with Gasteiger partial charge in [0.2, 0.25) is 0 Å². The lowest BCUT2D eigenvalue weighted by molar-refractivity contribution is 0.125. The maximum absolute atomic E-state index is 12.7. The minimum Gasteiger partial charge on any atom is -0.380 e. The highest BCUT2D eigenvalue weighted by molar-refractivity contribution is 7.18. The van der Waals surface area contributed by atoms with Crippen LogP contribution in [0.15, 0.2) is 27.7 Å². The van der Waals surface area contributed by atoms with Crippen molar-refractivity contribution in [2.24, 2.45) is 0 Å². The van der Waals surface area contributed by atoms with E-state index in [0.29, 0.717) is 50.6 Å². The number of carbonyl (C=O) groups excluding carboxylic acids is 1. The third kappa shape index (κ3) is 4.72. The molecule has 10 heteroatoms. The van der Waals surface area contributed by atoms with Crippen molar-refractivity contribution in [1.82, 2.24) is 25.1 Å². The molecular weight excluding hydrogens is 422 g/mol. The zero-order valence-corrected chi connectivity index (χ0v) is 18.5. The lowest BCUT2D eigenvalue weighted by atomic mass is 10.2. The quantitative estimate of drug-likeness (QED) is 0.544. The van der Waals surface area contributed by atoms with Crippen LogP contribution in [0.3, 0.4) is 0 Å². The lowest BCUT2D eigenvalue weighted by Gasteiger charge is -2.34. The summed E-state index contributed by atoms with van der Waals surface area (Å²) in [6.45, 7) is 6.98. The molecular formula is C20H25N5O3S2. The molecule has 160 valence electrons. The number of ether oxygens (including phenoxy) is 1. The molecule has 8 nitrogen and oxygen atoms in total. The molecule has 0 radical (unpaired) electrons. The number of nitrogens with zero attached hydrogens (tertiary/aromatic N) is 3. The van der Waals surface area contributed by atoms with Gasteiger partial charge in [-0.15, -0.1) is 22.7 Å². The van der Waals surface area contributed by atoms with Gasteiger partial charge in [-0.25, -0.2) is 9.78 Å². The molecule has 30 heavy (non-hydrogen) atoms. The van der Waals surface area contributed by atoms with Crippen molar-refractivity contribution < 1.29 is 9.53 Å². The van der Waals surface area contributed by atoms with Gasteiger partial charge in [0.1, 0.15) is 10.7 Å². The largest absolute Gasteiger partial charge is 0.380 e. The Kier molecular flexibility index (Phi) is 6.78. The number of aromatic nitrogens is 2. The predicted molar refractivity (Wildman–Crippen MR) is 120 cm³/mol. The summed E-state index contributed by atoms with van der Waals surface area (Å²) < 4.78 is 5.24. The number of piperazine rings is 1. The monoisotopic (exact) mass is 447 g/mol. The number of aromatic amines is 1. The van der Waals surface area contributed by atoms with Crippen LogP contribution in [-0.2, 0) is 11.3 Å². The number of nitrogens with one attached hydrogen (secondary N) is 2. The molecule has 1 saturated heterocycles. The molecule has 4 heterocycles. The maximum atomic E-state index is 12.7. The molecule has 0 saturated carbocycles. The third-order valence-electron chi connectivity index (χ3n) is 5.04. The van der Waals surface area contributed by atoms with E-state index in [0.717, 1.165) is 28.4 Å². The van der Waals surface area contributed by atoms with Crippen molar-refractivity contribution in [1.29, 1.82) is 0 Å². The second kappa shape index (κ2) is 9.69. The molecule has 0 atom stereocenters. The molecule has 0 spiro atoms. The fourth-order valence-electron chi connectivity index (χ4n) is 3.49. The zero-order valence-electron chi connectivity index (χ0n) is 16.8. The van der Waals surface area contributed by atoms with Crippen LogP contribution in [-0.4, -0.2) is 71.7 Å². The van der Waals surface area contributed by atoms with Crippen LogP contribution in [0.2, 0.25) is 0 Å². The van der Waals surface area contributed by atoms with Gasteiger partial charge in [-0.05, 0) is 18.4 Å². The minimum absolute atomic E-state index is 0.0537. The summed E-state index contributed by atoms with van der Waals surface area (Å²) in [6, 6.07) is 3.95. The fourth-order valence-corrected chi connectivity index (χ4v) is 5.27. The second-order valence-corrected chi connectivity index (χ2v) is 8.82. The molecule has 0 aromatic carbocycles. The number of hydrogen-bond acceptors (Lipinski definition) is 7.